The third kappa shape index (κ3) is 2.90. The molecule has 5 nitrogen and oxygen atoms in total. The molecular formula is C13H16N4OS. The standard InChI is InChI=1S/C13H16N4OS/c1-9(12-16-6-7-19-12)17(3)13(18)10-4-5-15-11(8-10)14-2/h4-9H,1-3H3,(H,14,15). The molecule has 0 bridgehead atoms. The van der Waals surface area contributed by atoms with Crippen molar-refractivity contribution in [1.29, 1.82) is 0 Å². The van der Waals surface area contributed by atoms with Gasteiger partial charge < -0.3 is 10.2 Å². The highest BCUT2D eigenvalue weighted by atomic mass is 32.1. The van der Waals surface area contributed by atoms with E-state index in [4.69, 9.17) is 0 Å². The normalized spacial score (nSPS) is 11.9. The van der Waals surface area contributed by atoms with Gasteiger partial charge in [0.15, 0.2) is 0 Å². The van der Waals surface area contributed by atoms with Gasteiger partial charge in [-0.25, -0.2) is 9.97 Å². The van der Waals surface area contributed by atoms with Gasteiger partial charge in [-0.2, -0.15) is 0 Å². The van der Waals surface area contributed by atoms with E-state index in [1.54, 1.807) is 54.9 Å². The Labute approximate surface area is 116 Å². The Morgan fingerprint density at radius 1 is 1.42 bits per heavy atom. The quantitative estimate of drug-likeness (QED) is 0.931. The lowest BCUT2D eigenvalue weighted by atomic mass is 10.2. The van der Waals surface area contributed by atoms with Crippen LogP contribution in [0.1, 0.15) is 28.3 Å². The number of carbonyl (C=O) groups is 1. The molecule has 1 unspecified atom stereocenters. The lowest BCUT2D eigenvalue weighted by Gasteiger charge is -2.23. The van der Waals surface area contributed by atoms with Gasteiger partial charge >= 0.3 is 0 Å². The summed E-state index contributed by atoms with van der Waals surface area (Å²) in [5.41, 5.74) is 0.616. The van der Waals surface area contributed by atoms with E-state index in [1.807, 2.05) is 12.3 Å². The highest BCUT2D eigenvalue weighted by Crippen LogP contribution is 2.22. The van der Waals surface area contributed by atoms with Crippen molar-refractivity contribution in [3.63, 3.8) is 0 Å². The Morgan fingerprint density at radius 2 is 2.21 bits per heavy atom. The second kappa shape index (κ2) is 5.79. The van der Waals surface area contributed by atoms with Crippen LogP contribution in [0.3, 0.4) is 0 Å². The fourth-order valence-corrected chi connectivity index (χ4v) is 2.42. The molecule has 0 spiro atoms. The van der Waals surface area contributed by atoms with Crippen LogP contribution in [0.4, 0.5) is 5.82 Å². The summed E-state index contributed by atoms with van der Waals surface area (Å²) in [5, 5.41) is 5.77. The minimum absolute atomic E-state index is 0.0402. The third-order valence-electron chi connectivity index (χ3n) is 2.97. The molecule has 0 radical (unpaired) electrons. The SMILES string of the molecule is CNc1cc(C(=O)N(C)C(C)c2nccs2)ccn1. The van der Waals surface area contributed by atoms with Crippen molar-refractivity contribution in [1.82, 2.24) is 14.9 Å². The zero-order chi connectivity index (χ0) is 13.8. The molecule has 2 heterocycles. The summed E-state index contributed by atoms with van der Waals surface area (Å²) in [6.07, 6.45) is 3.38. The second-order valence-electron chi connectivity index (χ2n) is 4.14. The summed E-state index contributed by atoms with van der Waals surface area (Å²) >= 11 is 1.55. The molecule has 0 aliphatic carbocycles. The Bertz CT molecular complexity index is 556. The number of thiazole rings is 1. The van der Waals surface area contributed by atoms with Crippen molar-refractivity contribution in [2.24, 2.45) is 0 Å². The maximum Gasteiger partial charge on any atom is 0.254 e. The Balaban J connectivity index is 2.18. The van der Waals surface area contributed by atoms with Crippen LogP contribution in [0, 0.1) is 0 Å². The molecule has 0 aliphatic heterocycles. The lowest BCUT2D eigenvalue weighted by molar-refractivity contribution is 0.0742. The highest BCUT2D eigenvalue weighted by Gasteiger charge is 2.20. The van der Waals surface area contributed by atoms with Gasteiger partial charge in [-0.05, 0) is 19.1 Å². The molecule has 1 amide bonds. The molecule has 2 rings (SSSR count). The van der Waals surface area contributed by atoms with Crippen LogP contribution in [0.25, 0.3) is 0 Å². The number of hydrogen-bond acceptors (Lipinski definition) is 5. The molecule has 0 fully saturated rings. The number of aromatic nitrogens is 2. The van der Waals surface area contributed by atoms with E-state index in [1.165, 1.54) is 0 Å². The minimum atomic E-state index is -0.0429. The minimum Gasteiger partial charge on any atom is -0.373 e. The molecule has 6 heteroatoms. The smallest absolute Gasteiger partial charge is 0.254 e. The molecule has 0 aromatic carbocycles. The molecule has 0 saturated carbocycles. The second-order valence-corrected chi connectivity index (χ2v) is 5.07. The van der Waals surface area contributed by atoms with E-state index in [9.17, 15) is 4.79 Å². The number of pyridine rings is 1. The maximum absolute atomic E-state index is 12.4. The largest absolute Gasteiger partial charge is 0.373 e. The average molecular weight is 276 g/mol. The van der Waals surface area contributed by atoms with Crippen LogP contribution in [0.15, 0.2) is 29.9 Å². The molecule has 1 N–H and O–H groups in total. The van der Waals surface area contributed by atoms with Crippen LogP contribution in [-0.2, 0) is 0 Å². The number of anilines is 1. The fourth-order valence-electron chi connectivity index (χ4n) is 1.69. The van der Waals surface area contributed by atoms with E-state index in [0.29, 0.717) is 11.4 Å². The van der Waals surface area contributed by atoms with Gasteiger partial charge in [0.1, 0.15) is 10.8 Å². The van der Waals surface area contributed by atoms with Crippen molar-refractivity contribution in [2.45, 2.75) is 13.0 Å². The van der Waals surface area contributed by atoms with E-state index in [2.05, 4.69) is 15.3 Å². The molecule has 19 heavy (non-hydrogen) atoms. The van der Waals surface area contributed by atoms with E-state index < -0.39 is 0 Å². The van der Waals surface area contributed by atoms with Gasteiger partial charge in [-0.1, -0.05) is 0 Å². The Morgan fingerprint density at radius 3 is 2.84 bits per heavy atom. The first-order chi connectivity index (χ1) is 9.13. The van der Waals surface area contributed by atoms with E-state index >= 15 is 0 Å². The zero-order valence-electron chi connectivity index (χ0n) is 11.1. The number of hydrogen-bond donors (Lipinski definition) is 1. The third-order valence-corrected chi connectivity index (χ3v) is 3.92. The van der Waals surface area contributed by atoms with Crippen molar-refractivity contribution in [2.75, 3.05) is 19.4 Å². The molecule has 100 valence electrons. The van der Waals surface area contributed by atoms with Crippen LogP contribution < -0.4 is 5.32 Å². The first kappa shape index (κ1) is 13.5. The van der Waals surface area contributed by atoms with Gasteiger partial charge in [0.2, 0.25) is 0 Å². The molecule has 0 saturated heterocycles. The first-order valence-electron chi connectivity index (χ1n) is 5.94. The van der Waals surface area contributed by atoms with Crippen LogP contribution in [-0.4, -0.2) is 34.9 Å². The van der Waals surface area contributed by atoms with Crippen molar-refractivity contribution in [3.8, 4) is 0 Å². The van der Waals surface area contributed by atoms with Crippen LogP contribution in [0.5, 0.6) is 0 Å². The lowest BCUT2D eigenvalue weighted by Crippen LogP contribution is -2.29. The monoisotopic (exact) mass is 276 g/mol. The average Bonchev–Trinajstić information content (AvgIpc) is 2.99. The summed E-state index contributed by atoms with van der Waals surface area (Å²) < 4.78 is 0. The summed E-state index contributed by atoms with van der Waals surface area (Å²) in [7, 11) is 3.56. The zero-order valence-corrected chi connectivity index (χ0v) is 11.9. The van der Waals surface area contributed by atoms with E-state index in [0.717, 1.165) is 5.01 Å². The predicted octanol–water partition coefficient (Wildman–Crippen LogP) is 2.41. The first-order valence-corrected chi connectivity index (χ1v) is 6.81. The summed E-state index contributed by atoms with van der Waals surface area (Å²) in [6, 6.07) is 3.42. The molecule has 0 aliphatic rings. The van der Waals surface area contributed by atoms with Crippen LogP contribution >= 0.6 is 11.3 Å². The van der Waals surface area contributed by atoms with Crippen molar-refractivity contribution >= 4 is 23.1 Å². The fraction of sp³-hybridized carbons (Fsp3) is 0.308. The van der Waals surface area contributed by atoms with Gasteiger partial charge in [0.25, 0.3) is 5.91 Å². The number of nitrogens with one attached hydrogen (secondary N) is 1. The summed E-state index contributed by atoms with van der Waals surface area (Å²) in [4.78, 5) is 22.4. The summed E-state index contributed by atoms with van der Waals surface area (Å²) in [5.74, 6) is 0.641. The summed E-state index contributed by atoms with van der Waals surface area (Å²) in [6.45, 7) is 1.97. The highest BCUT2D eigenvalue weighted by molar-refractivity contribution is 7.09. The number of amides is 1. The number of carbonyl (C=O) groups excluding carboxylic acids is 1. The molecule has 2 aromatic rings. The maximum atomic E-state index is 12.4. The topological polar surface area (TPSA) is 58.1 Å². The van der Waals surface area contributed by atoms with E-state index in [-0.39, 0.29) is 11.9 Å². The Hall–Kier alpha value is -1.95. The van der Waals surface area contributed by atoms with Crippen LogP contribution in [0.2, 0.25) is 0 Å². The van der Waals surface area contributed by atoms with Gasteiger partial charge in [-0.3, -0.25) is 4.79 Å². The number of nitrogens with zero attached hydrogens (tertiary/aromatic N) is 3. The number of rotatable bonds is 4. The van der Waals surface area contributed by atoms with Crippen molar-refractivity contribution < 1.29 is 4.79 Å². The molecular weight excluding hydrogens is 260 g/mol. The van der Waals surface area contributed by atoms with Gasteiger partial charge in [-0.15, -0.1) is 11.3 Å². The molecule has 1 atom stereocenters. The Kier molecular flexibility index (Phi) is 4.11. The van der Waals surface area contributed by atoms with Gasteiger partial charge in [0, 0.05) is 37.4 Å². The predicted molar refractivity (Wildman–Crippen MR) is 76.4 cm³/mol. The van der Waals surface area contributed by atoms with Gasteiger partial charge in [0.05, 0.1) is 6.04 Å². The molecule has 2 aromatic heterocycles. The van der Waals surface area contributed by atoms with Crippen molar-refractivity contribution in [3.05, 3.63) is 40.5 Å².